The molecule has 3 heteroatoms. The van der Waals surface area contributed by atoms with Gasteiger partial charge < -0.3 is 15.3 Å². The van der Waals surface area contributed by atoms with E-state index in [1.165, 1.54) is 12.8 Å². The zero-order chi connectivity index (χ0) is 24.4. The summed E-state index contributed by atoms with van der Waals surface area (Å²) in [5, 5.41) is 33.9. The Morgan fingerprint density at radius 3 is 2.15 bits per heavy atom. The highest BCUT2D eigenvalue weighted by molar-refractivity contribution is 5.35. The fraction of sp³-hybridized carbons (Fsp3) is 0.933. The standard InChI is InChI=1S/C30H50O3/c1-17-15-23(32)30(8)24(33)16-29(7)19(25(30)18(17)2)9-10-21-27(5)13-12-22(31)26(3,4)20(27)11-14-28(21,29)6/h9,17-18,20-25,31-33H,10-16H2,1-8H3/t17-,18+,20?,21-,22+,23+,24+,25+,27+,28-,29-,30-/m1/s1. The molecule has 33 heavy (non-hydrogen) atoms. The van der Waals surface area contributed by atoms with E-state index in [0.29, 0.717) is 23.7 Å². The van der Waals surface area contributed by atoms with Crippen molar-refractivity contribution in [3.63, 3.8) is 0 Å². The van der Waals surface area contributed by atoms with Gasteiger partial charge in [0.25, 0.3) is 0 Å². The third-order valence-electron chi connectivity index (χ3n) is 13.6. The fourth-order valence-corrected chi connectivity index (χ4v) is 10.9. The highest BCUT2D eigenvalue weighted by Gasteiger charge is 2.70. The first-order valence-corrected chi connectivity index (χ1v) is 13.9. The van der Waals surface area contributed by atoms with Crippen LogP contribution < -0.4 is 0 Å². The van der Waals surface area contributed by atoms with Gasteiger partial charge in [-0.05, 0) is 96.2 Å². The number of aliphatic hydroxyl groups excluding tert-OH is 3. The van der Waals surface area contributed by atoms with Crippen molar-refractivity contribution < 1.29 is 15.3 Å². The van der Waals surface area contributed by atoms with Gasteiger partial charge in [0.15, 0.2) is 0 Å². The fourth-order valence-electron chi connectivity index (χ4n) is 10.9. The highest BCUT2D eigenvalue weighted by Crippen LogP contribution is 2.75. The first-order valence-electron chi connectivity index (χ1n) is 13.9. The number of allylic oxidation sites excluding steroid dienone is 2. The smallest absolute Gasteiger partial charge is 0.0632 e. The quantitative estimate of drug-likeness (QED) is 0.392. The van der Waals surface area contributed by atoms with Gasteiger partial charge in [-0.15, -0.1) is 0 Å². The molecular weight excluding hydrogens is 408 g/mol. The SMILES string of the molecule is C[C@H]1[C@H](C)C[C@H](O)[C@@]2(C)[C@@H]1C1=CC[C@@H]3[C@@]4(C)CC[C@H](O)C(C)(C)C4CC[C@@]3(C)[C@]1(C)C[C@@H]2O. The van der Waals surface area contributed by atoms with Gasteiger partial charge in [0.1, 0.15) is 0 Å². The van der Waals surface area contributed by atoms with Crippen molar-refractivity contribution in [1.29, 1.82) is 0 Å². The van der Waals surface area contributed by atoms with Crippen LogP contribution in [0.2, 0.25) is 0 Å². The van der Waals surface area contributed by atoms with Crippen LogP contribution in [0.25, 0.3) is 0 Å². The lowest BCUT2D eigenvalue weighted by molar-refractivity contribution is -0.227. The number of aliphatic hydroxyl groups is 3. The van der Waals surface area contributed by atoms with E-state index in [2.05, 4.69) is 61.5 Å². The van der Waals surface area contributed by atoms with E-state index in [-0.39, 0.29) is 33.7 Å². The maximum atomic E-state index is 11.7. The van der Waals surface area contributed by atoms with Gasteiger partial charge in [-0.3, -0.25) is 0 Å². The molecule has 5 aliphatic carbocycles. The summed E-state index contributed by atoms with van der Waals surface area (Å²) in [6.07, 6.45) is 8.52. The molecule has 5 aliphatic rings. The van der Waals surface area contributed by atoms with Crippen LogP contribution in [0.15, 0.2) is 11.6 Å². The molecular formula is C30H50O3. The number of fused-ring (bicyclic) bond motifs is 7. The molecule has 4 saturated carbocycles. The largest absolute Gasteiger partial charge is 0.393 e. The molecule has 0 aromatic carbocycles. The summed E-state index contributed by atoms with van der Waals surface area (Å²) in [7, 11) is 0. The van der Waals surface area contributed by atoms with E-state index in [9.17, 15) is 15.3 Å². The van der Waals surface area contributed by atoms with Crippen molar-refractivity contribution >= 4 is 0 Å². The van der Waals surface area contributed by atoms with Gasteiger partial charge in [0, 0.05) is 5.41 Å². The summed E-state index contributed by atoms with van der Waals surface area (Å²) in [6, 6.07) is 0. The molecule has 0 amide bonds. The van der Waals surface area contributed by atoms with E-state index in [1.807, 2.05) is 0 Å². The second-order valence-electron chi connectivity index (χ2n) is 14.8. The molecule has 188 valence electrons. The van der Waals surface area contributed by atoms with E-state index < -0.39 is 17.6 Å². The molecule has 12 atom stereocenters. The van der Waals surface area contributed by atoms with E-state index in [1.54, 1.807) is 5.57 Å². The van der Waals surface area contributed by atoms with Gasteiger partial charge >= 0.3 is 0 Å². The maximum Gasteiger partial charge on any atom is 0.0632 e. The Morgan fingerprint density at radius 1 is 0.818 bits per heavy atom. The summed E-state index contributed by atoms with van der Waals surface area (Å²) in [5.41, 5.74) is 1.38. The molecule has 0 radical (unpaired) electrons. The highest BCUT2D eigenvalue weighted by atomic mass is 16.3. The van der Waals surface area contributed by atoms with Crippen molar-refractivity contribution in [3.8, 4) is 0 Å². The molecule has 0 aromatic rings. The summed E-state index contributed by atoms with van der Waals surface area (Å²) in [6.45, 7) is 19.0. The Kier molecular flexibility index (Phi) is 5.23. The zero-order valence-electron chi connectivity index (χ0n) is 22.5. The van der Waals surface area contributed by atoms with Crippen LogP contribution in [0.1, 0.15) is 100 Å². The molecule has 0 saturated heterocycles. The summed E-state index contributed by atoms with van der Waals surface area (Å²) < 4.78 is 0. The van der Waals surface area contributed by atoms with Crippen LogP contribution in [-0.2, 0) is 0 Å². The first-order chi connectivity index (χ1) is 15.2. The van der Waals surface area contributed by atoms with Crippen LogP contribution in [0.3, 0.4) is 0 Å². The first kappa shape index (κ1) is 24.3. The van der Waals surface area contributed by atoms with Crippen LogP contribution >= 0.6 is 0 Å². The molecule has 1 unspecified atom stereocenters. The Morgan fingerprint density at radius 2 is 1.48 bits per heavy atom. The van der Waals surface area contributed by atoms with Gasteiger partial charge in [-0.2, -0.15) is 0 Å². The second kappa shape index (κ2) is 7.10. The lowest BCUT2D eigenvalue weighted by Gasteiger charge is -2.72. The number of hydrogen-bond donors (Lipinski definition) is 3. The van der Waals surface area contributed by atoms with Crippen molar-refractivity contribution in [2.45, 2.75) is 119 Å². The monoisotopic (exact) mass is 458 g/mol. The van der Waals surface area contributed by atoms with Gasteiger partial charge in [-0.1, -0.05) is 67.0 Å². The third kappa shape index (κ3) is 2.74. The minimum Gasteiger partial charge on any atom is -0.393 e. The Hall–Kier alpha value is -0.380. The summed E-state index contributed by atoms with van der Waals surface area (Å²) in [4.78, 5) is 0. The van der Waals surface area contributed by atoms with Crippen LogP contribution in [0.5, 0.6) is 0 Å². The topological polar surface area (TPSA) is 60.7 Å². The van der Waals surface area contributed by atoms with Crippen molar-refractivity contribution in [3.05, 3.63) is 11.6 Å². The van der Waals surface area contributed by atoms with Crippen LogP contribution in [0, 0.1) is 56.7 Å². The summed E-state index contributed by atoms with van der Waals surface area (Å²) >= 11 is 0. The average molecular weight is 459 g/mol. The van der Waals surface area contributed by atoms with E-state index >= 15 is 0 Å². The normalized spacial score (nSPS) is 60.0. The summed E-state index contributed by atoms with van der Waals surface area (Å²) in [5.74, 6) is 2.29. The minimum absolute atomic E-state index is 0.0404. The van der Waals surface area contributed by atoms with Crippen LogP contribution in [0.4, 0.5) is 0 Å². The van der Waals surface area contributed by atoms with E-state index in [4.69, 9.17) is 0 Å². The van der Waals surface area contributed by atoms with Gasteiger partial charge in [-0.25, -0.2) is 0 Å². The predicted molar refractivity (Wildman–Crippen MR) is 133 cm³/mol. The number of rotatable bonds is 0. The third-order valence-corrected chi connectivity index (χ3v) is 13.6. The Balaban J connectivity index is 1.63. The van der Waals surface area contributed by atoms with Crippen molar-refractivity contribution in [2.75, 3.05) is 0 Å². The van der Waals surface area contributed by atoms with Crippen molar-refractivity contribution in [1.82, 2.24) is 0 Å². The van der Waals surface area contributed by atoms with Crippen LogP contribution in [-0.4, -0.2) is 33.6 Å². The predicted octanol–water partition coefficient (Wildman–Crippen LogP) is 5.97. The maximum absolute atomic E-state index is 11.7. The molecule has 0 aromatic heterocycles. The van der Waals surface area contributed by atoms with Gasteiger partial charge in [0.05, 0.1) is 18.3 Å². The molecule has 3 nitrogen and oxygen atoms in total. The molecule has 0 bridgehead atoms. The molecule has 0 heterocycles. The minimum atomic E-state index is -0.472. The Labute approximate surface area is 202 Å². The molecule has 3 N–H and O–H groups in total. The van der Waals surface area contributed by atoms with Gasteiger partial charge in [0.2, 0.25) is 0 Å². The molecule has 0 aliphatic heterocycles. The van der Waals surface area contributed by atoms with Crippen molar-refractivity contribution in [2.24, 2.45) is 56.7 Å². The molecule has 5 rings (SSSR count). The second-order valence-corrected chi connectivity index (χ2v) is 14.8. The van der Waals surface area contributed by atoms with E-state index in [0.717, 1.165) is 32.1 Å². The number of hydrogen-bond acceptors (Lipinski definition) is 3. The molecule has 4 fully saturated rings. The molecule has 0 spiro atoms. The lowest BCUT2D eigenvalue weighted by atomic mass is 9.33. The Bertz CT molecular complexity index is 847. The lowest BCUT2D eigenvalue weighted by Crippen LogP contribution is -2.68. The zero-order valence-corrected chi connectivity index (χ0v) is 22.5. The average Bonchev–Trinajstić information content (AvgIpc) is 2.71.